The second kappa shape index (κ2) is 11.1. The molecule has 160 valence electrons. The van der Waals surface area contributed by atoms with Gasteiger partial charge >= 0.3 is 0 Å². The predicted octanol–water partition coefficient (Wildman–Crippen LogP) is 2.63. The Hall–Kier alpha value is -1.22. The van der Waals surface area contributed by atoms with E-state index in [1.807, 2.05) is 0 Å². The van der Waals surface area contributed by atoms with Gasteiger partial charge in [-0.25, -0.2) is 13.2 Å². The Balaban J connectivity index is 0.00000196. The van der Waals surface area contributed by atoms with E-state index in [9.17, 15) is 18.0 Å². The van der Waals surface area contributed by atoms with Gasteiger partial charge in [0.15, 0.2) is 0 Å². The molecule has 10 heteroatoms. The number of hydrogen-bond acceptors (Lipinski definition) is 4. The Morgan fingerprint density at radius 1 is 1.21 bits per heavy atom. The third-order valence-corrected chi connectivity index (χ3v) is 4.85. The van der Waals surface area contributed by atoms with Crippen LogP contribution in [-0.4, -0.2) is 61.6 Å². The lowest BCUT2D eigenvalue weighted by atomic mass is 10.0. The van der Waals surface area contributed by atoms with Crippen molar-refractivity contribution in [3.8, 4) is 5.75 Å². The molecule has 2 fully saturated rings. The molecule has 1 unspecified atom stereocenters. The molecule has 1 atom stereocenters. The van der Waals surface area contributed by atoms with Crippen molar-refractivity contribution >= 4 is 30.7 Å². The monoisotopic (exact) mass is 443 g/mol. The molecule has 2 aliphatic rings. The Morgan fingerprint density at radius 2 is 1.86 bits per heavy atom. The number of carbonyl (C=O) groups is 1. The first-order chi connectivity index (χ1) is 12.4. The molecule has 0 spiro atoms. The van der Waals surface area contributed by atoms with Gasteiger partial charge in [0.05, 0.1) is 12.6 Å². The lowest BCUT2D eigenvalue weighted by molar-refractivity contribution is -0.124. The minimum Gasteiger partial charge on any atom is -0.492 e. The van der Waals surface area contributed by atoms with Crippen LogP contribution in [0, 0.1) is 5.82 Å². The molecule has 1 aromatic carbocycles. The van der Waals surface area contributed by atoms with Crippen LogP contribution in [0.1, 0.15) is 19.3 Å². The number of nitrogens with zero attached hydrogens (tertiary/aromatic N) is 1. The third kappa shape index (κ3) is 7.31. The number of nitrogens with one attached hydrogen (secondary N) is 2. The first-order valence-electron chi connectivity index (χ1n) is 8.94. The van der Waals surface area contributed by atoms with Crippen LogP contribution in [0.2, 0.25) is 0 Å². The maximum Gasteiger partial charge on any atom is 0.262 e. The summed E-state index contributed by atoms with van der Waals surface area (Å²) in [6.07, 6.45) is 1.13. The summed E-state index contributed by atoms with van der Waals surface area (Å²) in [5.74, 6) is -2.79. The van der Waals surface area contributed by atoms with Crippen molar-refractivity contribution in [2.45, 2.75) is 37.3 Å². The molecule has 2 heterocycles. The zero-order valence-electron chi connectivity index (χ0n) is 15.3. The van der Waals surface area contributed by atoms with Crippen LogP contribution in [0.15, 0.2) is 24.3 Å². The van der Waals surface area contributed by atoms with Crippen LogP contribution < -0.4 is 15.4 Å². The highest BCUT2D eigenvalue weighted by Gasteiger charge is 2.42. The highest BCUT2D eigenvalue weighted by Crippen LogP contribution is 2.25. The van der Waals surface area contributed by atoms with E-state index in [1.54, 1.807) is 12.1 Å². The summed E-state index contributed by atoms with van der Waals surface area (Å²) in [5.41, 5.74) is 0. The van der Waals surface area contributed by atoms with Gasteiger partial charge < -0.3 is 10.1 Å². The summed E-state index contributed by atoms with van der Waals surface area (Å²) in [6.45, 7) is 2.44. The fraction of sp³-hybridized carbons (Fsp3) is 0.611. The molecule has 2 N–H and O–H groups in total. The van der Waals surface area contributed by atoms with Crippen LogP contribution in [0.4, 0.5) is 13.2 Å². The van der Waals surface area contributed by atoms with Gasteiger partial charge in [0.25, 0.3) is 5.92 Å². The Bertz CT molecular complexity index is 615. The highest BCUT2D eigenvalue weighted by atomic mass is 35.5. The molecule has 0 bridgehead atoms. The lowest BCUT2D eigenvalue weighted by Gasteiger charge is -2.32. The zero-order chi connectivity index (χ0) is 18.6. The molecule has 1 amide bonds. The maximum atomic E-state index is 13.2. The van der Waals surface area contributed by atoms with Crippen LogP contribution in [0.25, 0.3) is 0 Å². The first-order valence-corrected chi connectivity index (χ1v) is 8.94. The molecule has 0 radical (unpaired) electrons. The second-order valence-corrected chi connectivity index (χ2v) is 6.92. The van der Waals surface area contributed by atoms with Crippen LogP contribution in [-0.2, 0) is 4.79 Å². The van der Waals surface area contributed by atoms with Crippen LogP contribution >= 0.6 is 24.8 Å². The van der Waals surface area contributed by atoms with Gasteiger partial charge in [0, 0.05) is 32.1 Å². The summed E-state index contributed by atoms with van der Waals surface area (Å²) in [5, 5.41) is 5.46. The second-order valence-electron chi connectivity index (χ2n) is 6.92. The maximum absolute atomic E-state index is 13.2. The van der Waals surface area contributed by atoms with Gasteiger partial charge in [-0.3, -0.25) is 15.0 Å². The molecule has 0 aromatic heterocycles. The number of carbonyl (C=O) groups excluding carboxylic acids is 1. The topological polar surface area (TPSA) is 53.6 Å². The fourth-order valence-electron chi connectivity index (χ4n) is 3.33. The Kier molecular flexibility index (Phi) is 9.83. The molecule has 0 saturated carbocycles. The van der Waals surface area contributed by atoms with E-state index in [0.29, 0.717) is 12.4 Å². The van der Waals surface area contributed by atoms with E-state index >= 15 is 0 Å². The predicted molar refractivity (Wildman–Crippen MR) is 105 cm³/mol. The van der Waals surface area contributed by atoms with Gasteiger partial charge in [0.2, 0.25) is 5.91 Å². The lowest BCUT2D eigenvalue weighted by Crippen LogP contribution is -2.49. The number of rotatable bonds is 6. The van der Waals surface area contributed by atoms with Crippen molar-refractivity contribution in [2.75, 3.05) is 32.8 Å². The number of alkyl halides is 2. The summed E-state index contributed by atoms with van der Waals surface area (Å²) in [4.78, 5) is 14.3. The van der Waals surface area contributed by atoms with Crippen molar-refractivity contribution in [2.24, 2.45) is 0 Å². The summed E-state index contributed by atoms with van der Waals surface area (Å²) >= 11 is 0. The van der Waals surface area contributed by atoms with E-state index in [1.165, 1.54) is 12.1 Å². The van der Waals surface area contributed by atoms with Gasteiger partial charge in [0.1, 0.15) is 18.2 Å². The zero-order valence-corrected chi connectivity index (χ0v) is 17.0. The van der Waals surface area contributed by atoms with E-state index < -0.39 is 24.9 Å². The van der Waals surface area contributed by atoms with Gasteiger partial charge in [-0.2, -0.15) is 0 Å². The van der Waals surface area contributed by atoms with Crippen molar-refractivity contribution in [1.82, 2.24) is 15.5 Å². The van der Waals surface area contributed by atoms with Gasteiger partial charge in [-0.1, -0.05) is 0 Å². The van der Waals surface area contributed by atoms with Crippen molar-refractivity contribution < 1.29 is 22.7 Å². The van der Waals surface area contributed by atoms with E-state index in [4.69, 9.17) is 4.74 Å². The average Bonchev–Trinajstić information content (AvgIpc) is 2.98. The molecule has 2 saturated heterocycles. The highest BCUT2D eigenvalue weighted by molar-refractivity contribution is 5.85. The SMILES string of the molecule is Cl.Cl.O=C(NC1CCN(CCOc2ccc(F)cc2)CC1)C1CC(F)(F)CN1. The molecule has 1 aromatic rings. The summed E-state index contributed by atoms with van der Waals surface area (Å²) in [7, 11) is 0. The Morgan fingerprint density at radius 3 is 2.43 bits per heavy atom. The van der Waals surface area contributed by atoms with E-state index in [0.717, 1.165) is 32.5 Å². The number of likely N-dealkylation sites (tertiary alicyclic amines) is 1. The van der Waals surface area contributed by atoms with Crippen molar-refractivity contribution in [1.29, 1.82) is 0 Å². The number of benzene rings is 1. The van der Waals surface area contributed by atoms with E-state index in [-0.39, 0.29) is 42.6 Å². The minimum absolute atomic E-state index is 0. The smallest absolute Gasteiger partial charge is 0.262 e. The summed E-state index contributed by atoms with van der Waals surface area (Å²) < 4.78 is 44.7. The van der Waals surface area contributed by atoms with E-state index in [2.05, 4.69) is 15.5 Å². The Labute approximate surface area is 175 Å². The number of halogens is 5. The van der Waals surface area contributed by atoms with Gasteiger partial charge in [-0.05, 0) is 37.1 Å². The van der Waals surface area contributed by atoms with Crippen LogP contribution in [0.5, 0.6) is 5.75 Å². The number of ether oxygens (including phenoxy) is 1. The molecule has 5 nitrogen and oxygen atoms in total. The van der Waals surface area contributed by atoms with Crippen LogP contribution in [0.3, 0.4) is 0 Å². The number of amides is 1. The summed E-state index contributed by atoms with van der Waals surface area (Å²) in [6, 6.07) is 5.13. The first kappa shape index (κ1) is 24.8. The number of hydrogen-bond donors (Lipinski definition) is 2. The standard InChI is InChI=1S/C18H24F3N3O2.2ClH/c19-13-1-3-15(4-2-13)26-10-9-24-7-5-14(6-8-24)23-17(25)16-11-18(20,21)12-22-16;;/h1-4,14,16,22H,5-12H2,(H,23,25);2*1H. The molecule has 28 heavy (non-hydrogen) atoms. The molecular weight excluding hydrogens is 418 g/mol. The quantitative estimate of drug-likeness (QED) is 0.709. The normalized spacial score (nSPS) is 22.0. The molecule has 0 aliphatic carbocycles. The number of piperidine rings is 1. The average molecular weight is 444 g/mol. The molecule has 2 aliphatic heterocycles. The largest absolute Gasteiger partial charge is 0.492 e. The van der Waals surface area contributed by atoms with Gasteiger partial charge in [-0.15, -0.1) is 24.8 Å². The fourth-order valence-corrected chi connectivity index (χ4v) is 3.33. The van der Waals surface area contributed by atoms with Crippen molar-refractivity contribution in [3.63, 3.8) is 0 Å². The molecule has 3 rings (SSSR count). The van der Waals surface area contributed by atoms with Crippen molar-refractivity contribution in [3.05, 3.63) is 30.1 Å². The minimum atomic E-state index is -2.80. The molecular formula is C18H26Cl2F3N3O2. The third-order valence-electron chi connectivity index (χ3n) is 4.85.